The van der Waals surface area contributed by atoms with Gasteiger partial charge < -0.3 is 10.4 Å². The molecule has 0 saturated heterocycles. The smallest absolute Gasteiger partial charge is 0.307 e. The van der Waals surface area contributed by atoms with Crippen molar-refractivity contribution >= 4 is 11.9 Å². The van der Waals surface area contributed by atoms with Gasteiger partial charge in [-0.2, -0.15) is 5.10 Å². The van der Waals surface area contributed by atoms with Gasteiger partial charge in [0.05, 0.1) is 24.7 Å². The van der Waals surface area contributed by atoms with E-state index >= 15 is 0 Å². The molecule has 1 saturated carbocycles. The van der Waals surface area contributed by atoms with Crippen LogP contribution in [0.3, 0.4) is 0 Å². The number of aromatic nitrogens is 2. The van der Waals surface area contributed by atoms with Crippen LogP contribution in [0, 0.1) is 0 Å². The van der Waals surface area contributed by atoms with Crippen LogP contribution in [-0.2, 0) is 17.8 Å². The first-order valence-electron chi connectivity index (χ1n) is 8.75. The van der Waals surface area contributed by atoms with E-state index in [1.165, 1.54) is 19.3 Å². The molecule has 1 aliphatic carbocycles. The van der Waals surface area contributed by atoms with E-state index in [2.05, 4.69) is 10.4 Å². The lowest BCUT2D eigenvalue weighted by Gasteiger charge is -2.24. The predicted octanol–water partition coefficient (Wildman–Crippen LogP) is 2.95. The minimum atomic E-state index is -0.908. The van der Waals surface area contributed by atoms with Crippen molar-refractivity contribution in [2.45, 2.75) is 51.1 Å². The number of carboxylic acid groups (broad SMARTS) is 1. The van der Waals surface area contributed by atoms with Gasteiger partial charge in [-0.15, -0.1) is 0 Å². The lowest BCUT2D eigenvalue weighted by Crippen LogP contribution is -2.26. The van der Waals surface area contributed by atoms with Gasteiger partial charge in [-0.3, -0.25) is 14.3 Å². The third-order valence-electron chi connectivity index (χ3n) is 4.65. The quantitative estimate of drug-likeness (QED) is 0.846. The third-order valence-corrected chi connectivity index (χ3v) is 4.65. The molecule has 0 spiro atoms. The first kappa shape index (κ1) is 17.2. The van der Waals surface area contributed by atoms with Crippen molar-refractivity contribution in [3.8, 4) is 0 Å². The standard InChI is InChI=1S/C19H23N3O3/c23-18(24)12-14-5-4-6-15(11-14)19(25)20-13-17-9-10-21-22(17)16-7-2-1-3-8-16/h4-6,9-11,16H,1-3,7-8,12-13H2,(H,20,25)(H,23,24). The summed E-state index contributed by atoms with van der Waals surface area (Å²) in [5, 5.41) is 16.2. The van der Waals surface area contributed by atoms with Crippen LogP contribution in [0.2, 0.25) is 0 Å². The monoisotopic (exact) mass is 341 g/mol. The summed E-state index contributed by atoms with van der Waals surface area (Å²) < 4.78 is 2.04. The van der Waals surface area contributed by atoms with Crippen molar-refractivity contribution in [2.75, 3.05) is 0 Å². The van der Waals surface area contributed by atoms with E-state index < -0.39 is 5.97 Å². The third kappa shape index (κ3) is 4.47. The Morgan fingerprint density at radius 3 is 2.76 bits per heavy atom. The number of carbonyl (C=O) groups is 2. The van der Waals surface area contributed by atoms with E-state index in [0.29, 0.717) is 23.7 Å². The van der Waals surface area contributed by atoms with Crippen LogP contribution in [0.25, 0.3) is 0 Å². The fourth-order valence-corrected chi connectivity index (χ4v) is 3.41. The number of hydrogen-bond acceptors (Lipinski definition) is 3. The topological polar surface area (TPSA) is 84.2 Å². The van der Waals surface area contributed by atoms with Gasteiger partial charge >= 0.3 is 5.97 Å². The highest BCUT2D eigenvalue weighted by molar-refractivity contribution is 5.94. The second-order valence-electron chi connectivity index (χ2n) is 6.51. The van der Waals surface area contributed by atoms with Crippen LogP contribution in [0.15, 0.2) is 36.5 Å². The molecular weight excluding hydrogens is 318 g/mol. The van der Waals surface area contributed by atoms with Crippen molar-refractivity contribution in [1.29, 1.82) is 0 Å². The number of amides is 1. The summed E-state index contributed by atoms with van der Waals surface area (Å²) in [6, 6.07) is 9.11. The summed E-state index contributed by atoms with van der Waals surface area (Å²) in [5.41, 5.74) is 2.09. The maximum Gasteiger partial charge on any atom is 0.307 e. The van der Waals surface area contributed by atoms with Crippen molar-refractivity contribution in [1.82, 2.24) is 15.1 Å². The van der Waals surface area contributed by atoms with Crippen molar-refractivity contribution in [2.24, 2.45) is 0 Å². The average molecular weight is 341 g/mol. The molecule has 3 rings (SSSR count). The number of aliphatic carboxylic acids is 1. The molecule has 0 aliphatic heterocycles. The molecule has 1 aromatic heterocycles. The van der Waals surface area contributed by atoms with Gasteiger partial charge in [-0.1, -0.05) is 31.4 Å². The lowest BCUT2D eigenvalue weighted by atomic mass is 9.95. The Morgan fingerprint density at radius 2 is 2.00 bits per heavy atom. The second kappa shape index (κ2) is 7.96. The number of carboxylic acids is 1. The van der Waals surface area contributed by atoms with Crippen LogP contribution in [-0.4, -0.2) is 26.8 Å². The van der Waals surface area contributed by atoms with E-state index in [0.717, 1.165) is 18.5 Å². The van der Waals surface area contributed by atoms with Gasteiger partial charge in [0.1, 0.15) is 0 Å². The van der Waals surface area contributed by atoms with Gasteiger partial charge in [0.15, 0.2) is 0 Å². The molecule has 2 aromatic rings. The summed E-state index contributed by atoms with van der Waals surface area (Å²) >= 11 is 0. The van der Waals surface area contributed by atoms with Gasteiger partial charge in [0, 0.05) is 11.8 Å². The number of rotatable bonds is 6. The van der Waals surface area contributed by atoms with Crippen molar-refractivity contribution in [3.05, 3.63) is 53.3 Å². The predicted molar refractivity (Wildman–Crippen MR) is 93.3 cm³/mol. The highest BCUT2D eigenvalue weighted by Gasteiger charge is 2.18. The highest BCUT2D eigenvalue weighted by Crippen LogP contribution is 2.28. The Morgan fingerprint density at radius 1 is 1.20 bits per heavy atom. The van der Waals surface area contributed by atoms with E-state index in [-0.39, 0.29) is 12.3 Å². The molecule has 1 heterocycles. The van der Waals surface area contributed by atoms with Crippen LogP contribution in [0.1, 0.15) is 59.8 Å². The Hall–Kier alpha value is -2.63. The summed E-state index contributed by atoms with van der Waals surface area (Å²) in [6.45, 7) is 0.415. The molecule has 6 nitrogen and oxygen atoms in total. The number of hydrogen-bond donors (Lipinski definition) is 2. The Labute approximate surface area is 146 Å². The molecule has 1 amide bonds. The molecule has 2 N–H and O–H groups in total. The largest absolute Gasteiger partial charge is 0.481 e. The SMILES string of the molecule is O=C(O)Cc1cccc(C(=O)NCc2ccnn2C2CCCCC2)c1. The first-order chi connectivity index (χ1) is 12.1. The maximum absolute atomic E-state index is 12.4. The van der Waals surface area contributed by atoms with Gasteiger partial charge in [-0.25, -0.2) is 0 Å². The highest BCUT2D eigenvalue weighted by atomic mass is 16.4. The summed E-state index contributed by atoms with van der Waals surface area (Å²) in [5.74, 6) is -1.11. The van der Waals surface area contributed by atoms with E-state index in [1.54, 1.807) is 30.5 Å². The van der Waals surface area contributed by atoms with E-state index in [4.69, 9.17) is 5.11 Å². The molecule has 1 fully saturated rings. The minimum absolute atomic E-state index is 0.0877. The molecule has 25 heavy (non-hydrogen) atoms. The molecule has 1 aliphatic rings. The minimum Gasteiger partial charge on any atom is -0.481 e. The van der Waals surface area contributed by atoms with Gasteiger partial charge in [0.25, 0.3) is 5.91 Å². The molecule has 0 unspecified atom stereocenters. The lowest BCUT2D eigenvalue weighted by molar-refractivity contribution is -0.136. The Balaban J connectivity index is 1.63. The normalized spacial score (nSPS) is 15.0. The number of benzene rings is 1. The molecule has 0 atom stereocenters. The van der Waals surface area contributed by atoms with Crippen LogP contribution in [0.5, 0.6) is 0 Å². The zero-order chi connectivity index (χ0) is 17.6. The van der Waals surface area contributed by atoms with Crippen molar-refractivity contribution in [3.63, 3.8) is 0 Å². The number of nitrogens with zero attached hydrogens (tertiary/aromatic N) is 2. The molecule has 6 heteroatoms. The van der Waals surface area contributed by atoms with Crippen LogP contribution < -0.4 is 5.32 Å². The van der Waals surface area contributed by atoms with Crippen molar-refractivity contribution < 1.29 is 14.7 Å². The zero-order valence-corrected chi connectivity index (χ0v) is 14.1. The fraction of sp³-hybridized carbons (Fsp3) is 0.421. The molecule has 132 valence electrons. The van der Waals surface area contributed by atoms with Gasteiger partial charge in [-0.05, 0) is 36.6 Å². The molecular formula is C19H23N3O3. The molecule has 0 bridgehead atoms. The first-order valence-corrected chi connectivity index (χ1v) is 8.75. The van der Waals surface area contributed by atoms with Crippen LogP contribution in [0.4, 0.5) is 0 Å². The van der Waals surface area contributed by atoms with E-state index in [9.17, 15) is 9.59 Å². The number of nitrogens with one attached hydrogen (secondary N) is 1. The number of carbonyl (C=O) groups excluding carboxylic acids is 1. The summed E-state index contributed by atoms with van der Waals surface area (Å²) in [4.78, 5) is 23.2. The van der Waals surface area contributed by atoms with E-state index in [1.807, 2.05) is 10.7 Å². The fourth-order valence-electron chi connectivity index (χ4n) is 3.41. The second-order valence-corrected chi connectivity index (χ2v) is 6.51. The summed E-state index contributed by atoms with van der Waals surface area (Å²) in [7, 11) is 0. The maximum atomic E-state index is 12.4. The molecule has 1 aromatic carbocycles. The zero-order valence-electron chi connectivity index (χ0n) is 14.1. The van der Waals surface area contributed by atoms with Crippen LogP contribution >= 0.6 is 0 Å². The van der Waals surface area contributed by atoms with Gasteiger partial charge in [0.2, 0.25) is 0 Å². The summed E-state index contributed by atoms with van der Waals surface area (Å²) in [6.07, 6.45) is 7.72. The molecule has 0 radical (unpaired) electrons. The Kier molecular flexibility index (Phi) is 5.48. The average Bonchev–Trinajstić information content (AvgIpc) is 3.08. The Bertz CT molecular complexity index is 748.